The van der Waals surface area contributed by atoms with Crippen molar-refractivity contribution in [2.24, 2.45) is 11.8 Å². The summed E-state index contributed by atoms with van der Waals surface area (Å²) in [5.41, 5.74) is 0.787. The van der Waals surface area contributed by atoms with Gasteiger partial charge in [0.1, 0.15) is 5.78 Å². The molecule has 1 fully saturated rings. The molecule has 2 atom stereocenters. The minimum atomic E-state index is 0.200. The number of Topliss-reactive ketones (excluding diaryl/α,β-unsaturated/α-hetero) is 1. The second-order valence-corrected chi connectivity index (χ2v) is 6.30. The van der Waals surface area contributed by atoms with Crippen molar-refractivity contribution >= 4 is 29.0 Å². The SMILES string of the molecule is CCC1CCCC(C(=O)Cc2c(Cl)cccc2Cl)C1. The van der Waals surface area contributed by atoms with E-state index >= 15 is 0 Å². The highest BCUT2D eigenvalue weighted by Gasteiger charge is 2.26. The number of rotatable bonds is 4. The smallest absolute Gasteiger partial charge is 0.140 e. The molecule has 19 heavy (non-hydrogen) atoms. The maximum Gasteiger partial charge on any atom is 0.140 e. The molecular weight excluding hydrogens is 279 g/mol. The Balaban J connectivity index is 2.04. The fourth-order valence-electron chi connectivity index (χ4n) is 2.97. The van der Waals surface area contributed by atoms with E-state index in [1.807, 2.05) is 6.07 Å². The molecule has 0 bridgehead atoms. The normalized spacial score (nSPS) is 23.3. The van der Waals surface area contributed by atoms with Crippen molar-refractivity contribution < 1.29 is 4.79 Å². The van der Waals surface area contributed by atoms with Gasteiger partial charge in [0, 0.05) is 22.4 Å². The van der Waals surface area contributed by atoms with Crippen LogP contribution in [0.4, 0.5) is 0 Å². The maximum absolute atomic E-state index is 12.4. The van der Waals surface area contributed by atoms with Crippen LogP contribution in [0.1, 0.15) is 44.6 Å². The number of ketones is 1. The van der Waals surface area contributed by atoms with Gasteiger partial charge in [-0.2, -0.15) is 0 Å². The molecule has 0 aromatic heterocycles. The van der Waals surface area contributed by atoms with E-state index in [4.69, 9.17) is 23.2 Å². The van der Waals surface area contributed by atoms with Gasteiger partial charge < -0.3 is 0 Å². The van der Waals surface area contributed by atoms with Crippen molar-refractivity contribution in [3.8, 4) is 0 Å². The highest BCUT2D eigenvalue weighted by atomic mass is 35.5. The van der Waals surface area contributed by atoms with Crippen LogP contribution in [0.3, 0.4) is 0 Å². The number of hydrogen-bond acceptors (Lipinski definition) is 1. The summed E-state index contributed by atoms with van der Waals surface area (Å²) in [7, 11) is 0. The summed E-state index contributed by atoms with van der Waals surface area (Å²) in [6, 6.07) is 5.41. The molecule has 1 saturated carbocycles. The summed E-state index contributed by atoms with van der Waals surface area (Å²) in [6.07, 6.45) is 6.06. The summed E-state index contributed by atoms with van der Waals surface area (Å²) < 4.78 is 0. The van der Waals surface area contributed by atoms with E-state index in [9.17, 15) is 4.79 Å². The van der Waals surface area contributed by atoms with Gasteiger partial charge in [-0.05, 0) is 36.5 Å². The molecule has 1 aliphatic carbocycles. The average molecular weight is 299 g/mol. The zero-order chi connectivity index (χ0) is 13.8. The first-order chi connectivity index (χ1) is 9.11. The first-order valence-corrected chi connectivity index (χ1v) is 7.83. The third-order valence-corrected chi connectivity index (χ3v) is 4.94. The highest BCUT2D eigenvalue weighted by Crippen LogP contribution is 2.33. The summed E-state index contributed by atoms with van der Waals surface area (Å²) in [6.45, 7) is 2.21. The molecule has 1 aromatic rings. The predicted molar refractivity (Wildman–Crippen MR) is 80.9 cm³/mol. The lowest BCUT2D eigenvalue weighted by Crippen LogP contribution is -2.24. The van der Waals surface area contributed by atoms with Crippen molar-refractivity contribution in [2.45, 2.75) is 45.4 Å². The molecule has 0 aliphatic heterocycles. The Morgan fingerprint density at radius 2 is 1.95 bits per heavy atom. The zero-order valence-corrected chi connectivity index (χ0v) is 12.8. The first-order valence-electron chi connectivity index (χ1n) is 7.07. The van der Waals surface area contributed by atoms with Crippen LogP contribution in [0.5, 0.6) is 0 Å². The molecule has 1 aliphatic rings. The van der Waals surface area contributed by atoms with Crippen LogP contribution < -0.4 is 0 Å². The molecular formula is C16H20Cl2O. The number of carbonyl (C=O) groups excluding carboxylic acids is 1. The lowest BCUT2D eigenvalue weighted by molar-refractivity contribution is -0.123. The summed E-state index contributed by atoms with van der Waals surface area (Å²) in [5, 5.41) is 1.20. The van der Waals surface area contributed by atoms with Crippen molar-refractivity contribution in [1.29, 1.82) is 0 Å². The molecule has 0 spiro atoms. The topological polar surface area (TPSA) is 17.1 Å². The van der Waals surface area contributed by atoms with E-state index in [-0.39, 0.29) is 5.92 Å². The number of benzene rings is 1. The van der Waals surface area contributed by atoms with Gasteiger partial charge in [0.05, 0.1) is 0 Å². The van der Waals surface area contributed by atoms with Gasteiger partial charge in [-0.1, -0.05) is 55.5 Å². The van der Waals surface area contributed by atoms with E-state index < -0.39 is 0 Å². The van der Waals surface area contributed by atoms with Crippen LogP contribution >= 0.6 is 23.2 Å². The van der Waals surface area contributed by atoms with Crippen LogP contribution in [-0.4, -0.2) is 5.78 Å². The lowest BCUT2D eigenvalue weighted by atomic mass is 9.77. The van der Waals surface area contributed by atoms with Crippen molar-refractivity contribution in [3.05, 3.63) is 33.8 Å². The van der Waals surface area contributed by atoms with Crippen LogP contribution in [0.2, 0.25) is 10.0 Å². The molecule has 104 valence electrons. The Bertz CT molecular complexity index is 436. The Morgan fingerprint density at radius 3 is 2.58 bits per heavy atom. The molecule has 2 unspecified atom stereocenters. The lowest BCUT2D eigenvalue weighted by Gasteiger charge is -2.27. The monoisotopic (exact) mass is 298 g/mol. The zero-order valence-electron chi connectivity index (χ0n) is 11.3. The molecule has 3 heteroatoms. The third-order valence-electron chi connectivity index (χ3n) is 4.23. The second-order valence-electron chi connectivity index (χ2n) is 5.48. The maximum atomic E-state index is 12.4. The fraction of sp³-hybridized carbons (Fsp3) is 0.562. The molecule has 1 aromatic carbocycles. The number of carbonyl (C=O) groups is 1. The average Bonchev–Trinajstić information content (AvgIpc) is 2.43. The number of halogens is 2. The van der Waals surface area contributed by atoms with Crippen molar-refractivity contribution in [1.82, 2.24) is 0 Å². The quantitative estimate of drug-likeness (QED) is 0.735. The first kappa shape index (κ1) is 14.9. The van der Waals surface area contributed by atoms with Gasteiger partial charge in [0.25, 0.3) is 0 Å². The molecule has 0 amide bonds. The van der Waals surface area contributed by atoms with Gasteiger partial charge >= 0.3 is 0 Å². The Labute approximate surface area is 125 Å². The van der Waals surface area contributed by atoms with E-state index in [1.165, 1.54) is 19.3 Å². The van der Waals surface area contributed by atoms with E-state index in [0.717, 1.165) is 18.4 Å². The van der Waals surface area contributed by atoms with Crippen LogP contribution in [-0.2, 0) is 11.2 Å². The minimum Gasteiger partial charge on any atom is -0.299 e. The predicted octanol–water partition coefficient (Wildman–Crippen LogP) is 5.32. The van der Waals surface area contributed by atoms with Gasteiger partial charge in [0.2, 0.25) is 0 Å². The standard InChI is InChI=1S/C16H20Cl2O/c1-2-11-5-3-6-12(9-11)16(19)10-13-14(17)7-4-8-15(13)18/h4,7-8,11-12H,2-3,5-6,9-10H2,1H3. The molecule has 0 heterocycles. The second kappa shape index (κ2) is 6.76. The van der Waals surface area contributed by atoms with Crippen LogP contribution in [0.15, 0.2) is 18.2 Å². The fourth-order valence-corrected chi connectivity index (χ4v) is 3.51. The van der Waals surface area contributed by atoms with Crippen LogP contribution in [0.25, 0.3) is 0 Å². The summed E-state index contributed by atoms with van der Waals surface area (Å²) >= 11 is 12.3. The summed E-state index contributed by atoms with van der Waals surface area (Å²) in [4.78, 5) is 12.4. The van der Waals surface area contributed by atoms with Crippen LogP contribution in [0, 0.1) is 11.8 Å². The Morgan fingerprint density at radius 1 is 1.26 bits per heavy atom. The minimum absolute atomic E-state index is 0.200. The third kappa shape index (κ3) is 3.73. The van der Waals surface area contributed by atoms with Crippen molar-refractivity contribution in [2.75, 3.05) is 0 Å². The van der Waals surface area contributed by atoms with Gasteiger partial charge in [0.15, 0.2) is 0 Å². The van der Waals surface area contributed by atoms with Gasteiger partial charge in [-0.15, -0.1) is 0 Å². The molecule has 1 nitrogen and oxygen atoms in total. The highest BCUT2D eigenvalue weighted by molar-refractivity contribution is 6.36. The largest absolute Gasteiger partial charge is 0.299 e. The Kier molecular flexibility index (Phi) is 5.29. The van der Waals surface area contributed by atoms with E-state index in [1.54, 1.807) is 12.1 Å². The van der Waals surface area contributed by atoms with Gasteiger partial charge in [-0.25, -0.2) is 0 Å². The molecule has 0 N–H and O–H groups in total. The summed E-state index contributed by atoms with van der Waals surface area (Å²) in [5.74, 6) is 1.21. The molecule has 2 rings (SSSR count). The Hall–Kier alpha value is -0.530. The molecule has 0 saturated heterocycles. The van der Waals surface area contributed by atoms with Crippen molar-refractivity contribution in [3.63, 3.8) is 0 Å². The van der Waals surface area contributed by atoms with E-state index in [0.29, 0.717) is 28.2 Å². The molecule has 0 radical (unpaired) electrons. The van der Waals surface area contributed by atoms with E-state index in [2.05, 4.69) is 6.92 Å². The number of hydrogen-bond donors (Lipinski definition) is 0. The van der Waals surface area contributed by atoms with Gasteiger partial charge in [-0.3, -0.25) is 4.79 Å².